The van der Waals surface area contributed by atoms with Gasteiger partial charge in [-0.15, -0.1) is 5.10 Å². The molecule has 0 spiro atoms. The summed E-state index contributed by atoms with van der Waals surface area (Å²) >= 11 is 0. The van der Waals surface area contributed by atoms with E-state index in [-0.39, 0.29) is 17.6 Å². The molecular weight excluding hydrogens is 304 g/mol. The molecule has 1 unspecified atom stereocenters. The van der Waals surface area contributed by atoms with Crippen molar-refractivity contribution in [2.45, 2.75) is 45.9 Å². The molecule has 0 aliphatic carbocycles. The summed E-state index contributed by atoms with van der Waals surface area (Å²) in [6, 6.07) is 10.0. The molecule has 1 aliphatic rings. The van der Waals surface area contributed by atoms with Crippen LogP contribution < -0.4 is 0 Å². The Morgan fingerprint density at radius 3 is 2.62 bits per heavy atom. The molecule has 6 heteroatoms. The second kappa shape index (κ2) is 6.36. The minimum atomic E-state index is -0.384. The first kappa shape index (κ1) is 16.6. The van der Waals surface area contributed by atoms with Crippen molar-refractivity contribution in [3.63, 3.8) is 0 Å². The van der Waals surface area contributed by atoms with Crippen LogP contribution in [0.2, 0.25) is 0 Å². The molecule has 6 nitrogen and oxygen atoms in total. The zero-order valence-electron chi connectivity index (χ0n) is 14.7. The maximum atomic E-state index is 13.1. The first-order chi connectivity index (χ1) is 11.4. The molecule has 128 valence electrons. The Labute approximate surface area is 142 Å². The Balaban J connectivity index is 1.88. The molecule has 1 aromatic carbocycles. The Morgan fingerprint density at radius 1 is 1.29 bits per heavy atom. The molecule has 1 atom stereocenters. The number of nitrogens with zero attached hydrogens (tertiary/aromatic N) is 4. The summed E-state index contributed by atoms with van der Waals surface area (Å²) in [6.07, 6.45) is -0.121. The molecule has 1 aliphatic heterocycles. The lowest BCUT2D eigenvalue weighted by Gasteiger charge is -2.45. The second-order valence-electron chi connectivity index (χ2n) is 6.76. The van der Waals surface area contributed by atoms with Gasteiger partial charge in [0.15, 0.2) is 5.69 Å². The molecule has 2 aromatic rings. The number of hydrogen-bond acceptors (Lipinski definition) is 4. The predicted molar refractivity (Wildman–Crippen MR) is 90.7 cm³/mol. The van der Waals surface area contributed by atoms with Gasteiger partial charge in [-0.25, -0.2) is 0 Å². The van der Waals surface area contributed by atoms with Gasteiger partial charge in [0.2, 0.25) is 0 Å². The van der Waals surface area contributed by atoms with Crippen molar-refractivity contribution in [1.82, 2.24) is 19.9 Å². The van der Waals surface area contributed by atoms with Crippen LogP contribution in [0, 0.1) is 6.92 Å². The molecule has 0 N–H and O–H groups in total. The minimum absolute atomic E-state index is 0.0820. The van der Waals surface area contributed by atoms with Gasteiger partial charge in [0.05, 0.1) is 30.9 Å². The summed E-state index contributed by atoms with van der Waals surface area (Å²) in [5.41, 5.74) is 1.80. The van der Waals surface area contributed by atoms with Gasteiger partial charge < -0.3 is 9.64 Å². The second-order valence-corrected chi connectivity index (χ2v) is 6.76. The molecule has 3 rings (SSSR count). The number of rotatable bonds is 3. The van der Waals surface area contributed by atoms with Crippen LogP contribution >= 0.6 is 0 Å². The highest BCUT2D eigenvalue weighted by atomic mass is 16.5. The Kier molecular flexibility index (Phi) is 4.41. The maximum Gasteiger partial charge on any atom is 0.276 e. The van der Waals surface area contributed by atoms with E-state index in [0.29, 0.717) is 31.1 Å². The van der Waals surface area contributed by atoms with Crippen molar-refractivity contribution in [3.05, 3.63) is 47.3 Å². The van der Waals surface area contributed by atoms with Gasteiger partial charge in [-0.3, -0.25) is 4.79 Å². The van der Waals surface area contributed by atoms with Gasteiger partial charge in [0, 0.05) is 0 Å². The normalized spacial score (nSPS) is 20.2. The van der Waals surface area contributed by atoms with E-state index in [9.17, 15) is 4.79 Å². The lowest BCUT2D eigenvalue weighted by atomic mass is 9.97. The lowest BCUT2D eigenvalue weighted by molar-refractivity contribution is -0.0848. The van der Waals surface area contributed by atoms with E-state index in [2.05, 4.69) is 10.2 Å². The van der Waals surface area contributed by atoms with E-state index in [0.717, 1.165) is 5.56 Å². The number of aromatic nitrogens is 3. The van der Waals surface area contributed by atoms with Crippen LogP contribution in [0.4, 0.5) is 0 Å². The third-order valence-corrected chi connectivity index (χ3v) is 4.44. The van der Waals surface area contributed by atoms with Gasteiger partial charge in [-0.2, -0.15) is 9.90 Å². The van der Waals surface area contributed by atoms with Crippen molar-refractivity contribution < 1.29 is 9.53 Å². The third kappa shape index (κ3) is 3.06. The van der Waals surface area contributed by atoms with Gasteiger partial charge in [0.1, 0.15) is 6.10 Å². The van der Waals surface area contributed by atoms with Gasteiger partial charge in [-0.05, 0) is 33.3 Å². The fraction of sp³-hybridized carbons (Fsp3) is 0.500. The van der Waals surface area contributed by atoms with Crippen LogP contribution in [0.25, 0.3) is 0 Å². The van der Waals surface area contributed by atoms with Gasteiger partial charge >= 0.3 is 0 Å². The van der Waals surface area contributed by atoms with Crippen molar-refractivity contribution >= 4 is 5.91 Å². The first-order valence-corrected chi connectivity index (χ1v) is 8.32. The van der Waals surface area contributed by atoms with Crippen LogP contribution in [0.1, 0.15) is 48.6 Å². The molecular formula is C18H24N4O2. The molecule has 24 heavy (non-hydrogen) atoms. The van der Waals surface area contributed by atoms with Crippen LogP contribution in [0.5, 0.6) is 0 Å². The van der Waals surface area contributed by atoms with Crippen LogP contribution in [0.3, 0.4) is 0 Å². The quantitative estimate of drug-likeness (QED) is 0.869. The number of morpholine rings is 1. The lowest BCUT2D eigenvalue weighted by Crippen LogP contribution is -2.56. The number of carbonyl (C=O) groups is 1. The van der Waals surface area contributed by atoms with Gasteiger partial charge in [-0.1, -0.05) is 30.3 Å². The Bertz CT molecular complexity index is 724. The number of amides is 1. The molecule has 1 saturated heterocycles. The van der Waals surface area contributed by atoms with E-state index in [1.54, 1.807) is 4.80 Å². The van der Waals surface area contributed by atoms with E-state index in [1.807, 2.05) is 62.9 Å². The fourth-order valence-corrected chi connectivity index (χ4v) is 2.97. The highest BCUT2D eigenvalue weighted by Gasteiger charge is 2.40. The Morgan fingerprint density at radius 2 is 2.00 bits per heavy atom. The summed E-state index contributed by atoms with van der Waals surface area (Å²) in [6.45, 7) is 9.46. The molecule has 0 radical (unpaired) electrons. The van der Waals surface area contributed by atoms with E-state index < -0.39 is 0 Å². The Hall–Kier alpha value is -2.21. The largest absolute Gasteiger partial charge is 0.369 e. The zero-order chi connectivity index (χ0) is 17.3. The molecule has 0 saturated carbocycles. The highest BCUT2D eigenvalue weighted by Crippen LogP contribution is 2.31. The van der Waals surface area contributed by atoms with Crippen molar-refractivity contribution in [3.8, 4) is 0 Å². The van der Waals surface area contributed by atoms with Gasteiger partial charge in [0.25, 0.3) is 5.91 Å². The standard InChI is InChI=1S/C18H24N4O2/c1-5-22-19-13(2)16(20-22)17(23)21-11-15(24-12-18(21,3)4)14-9-7-6-8-10-14/h6-10,15H,5,11-12H2,1-4H3. The summed E-state index contributed by atoms with van der Waals surface area (Å²) in [4.78, 5) is 16.5. The number of benzene rings is 1. The number of aryl methyl sites for hydroxylation is 2. The molecule has 2 heterocycles. The van der Waals surface area contributed by atoms with Crippen LogP contribution in [-0.4, -0.2) is 44.5 Å². The SMILES string of the molecule is CCn1nc(C)c(C(=O)N2CC(c3ccccc3)OCC2(C)C)n1. The highest BCUT2D eigenvalue weighted by molar-refractivity contribution is 5.93. The predicted octanol–water partition coefficient (Wildman–Crippen LogP) is 2.60. The number of ether oxygens (including phenoxy) is 1. The monoisotopic (exact) mass is 328 g/mol. The summed E-state index contributed by atoms with van der Waals surface area (Å²) < 4.78 is 6.02. The summed E-state index contributed by atoms with van der Waals surface area (Å²) in [5.74, 6) is -0.0820. The maximum absolute atomic E-state index is 13.1. The summed E-state index contributed by atoms with van der Waals surface area (Å²) in [7, 11) is 0. The van der Waals surface area contributed by atoms with Crippen LogP contribution in [-0.2, 0) is 11.3 Å². The van der Waals surface area contributed by atoms with Crippen LogP contribution in [0.15, 0.2) is 30.3 Å². The fourth-order valence-electron chi connectivity index (χ4n) is 2.97. The average molecular weight is 328 g/mol. The minimum Gasteiger partial charge on any atom is -0.369 e. The van der Waals surface area contributed by atoms with E-state index in [1.165, 1.54) is 0 Å². The number of hydrogen-bond donors (Lipinski definition) is 0. The molecule has 1 fully saturated rings. The summed E-state index contributed by atoms with van der Waals surface area (Å²) in [5, 5.41) is 8.64. The van der Waals surface area contributed by atoms with E-state index >= 15 is 0 Å². The molecule has 1 amide bonds. The number of carbonyl (C=O) groups excluding carboxylic acids is 1. The topological polar surface area (TPSA) is 60.2 Å². The smallest absolute Gasteiger partial charge is 0.276 e. The van der Waals surface area contributed by atoms with Crippen molar-refractivity contribution in [2.24, 2.45) is 0 Å². The van der Waals surface area contributed by atoms with Crippen molar-refractivity contribution in [1.29, 1.82) is 0 Å². The first-order valence-electron chi connectivity index (χ1n) is 8.32. The third-order valence-electron chi connectivity index (χ3n) is 4.44. The zero-order valence-corrected chi connectivity index (χ0v) is 14.7. The van der Waals surface area contributed by atoms with Crippen molar-refractivity contribution in [2.75, 3.05) is 13.2 Å². The molecule has 0 bridgehead atoms. The average Bonchev–Trinajstić information content (AvgIpc) is 2.96. The molecule has 1 aromatic heterocycles. The van der Waals surface area contributed by atoms with E-state index in [4.69, 9.17) is 4.74 Å².